The Morgan fingerprint density at radius 3 is 2.26 bits per heavy atom. The highest BCUT2D eigenvalue weighted by Crippen LogP contribution is 2.44. The number of ether oxygens (including phenoxy) is 1. The van der Waals surface area contributed by atoms with Crippen molar-refractivity contribution in [2.75, 3.05) is 6.61 Å². The van der Waals surface area contributed by atoms with E-state index in [2.05, 4.69) is 34.9 Å². The molecule has 0 saturated heterocycles. The zero-order valence-corrected chi connectivity index (χ0v) is 20.2. The number of fused-ring (bicyclic) bond motifs is 3. The Labute approximate surface area is 206 Å². The maximum Gasteiger partial charge on any atom is 0.407 e. The van der Waals surface area contributed by atoms with Crippen molar-refractivity contribution in [3.05, 3.63) is 59.7 Å². The molecule has 0 spiro atoms. The van der Waals surface area contributed by atoms with Crippen LogP contribution in [0.15, 0.2) is 48.5 Å². The molecule has 35 heavy (non-hydrogen) atoms. The summed E-state index contributed by atoms with van der Waals surface area (Å²) in [4.78, 5) is 37.0. The van der Waals surface area contributed by atoms with Gasteiger partial charge in [-0.1, -0.05) is 74.7 Å². The minimum atomic E-state index is -0.849. The van der Waals surface area contributed by atoms with Gasteiger partial charge in [-0.15, -0.1) is 0 Å². The van der Waals surface area contributed by atoms with E-state index in [0.717, 1.165) is 47.9 Å². The molecule has 3 N–H and O–H groups in total. The molecule has 2 aliphatic carbocycles. The second kappa shape index (κ2) is 11.4. The number of carbonyl (C=O) groups excluding carboxylic acids is 2. The molecule has 186 valence electrons. The molecule has 0 heterocycles. The summed E-state index contributed by atoms with van der Waals surface area (Å²) < 4.78 is 5.62. The van der Waals surface area contributed by atoms with Crippen LogP contribution in [0.5, 0.6) is 0 Å². The highest BCUT2D eigenvalue weighted by atomic mass is 16.5. The minimum Gasteiger partial charge on any atom is -0.481 e. The van der Waals surface area contributed by atoms with E-state index in [-0.39, 0.29) is 36.8 Å². The first kappa shape index (κ1) is 24.8. The summed E-state index contributed by atoms with van der Waals surface area (Å²) >= 11 is 0. The lowest BCUT2D eigenvalue weighted by Gasteiger charge is -2.32. The first-order valence-electron chi connectivity index (χ1n) is 12.6. The van der Waals surface area contributed by atoms with E-state index < -0.39 is 18.1 Å². The number of hydrogen-bond acceptors (Lipinski definition) is 4. The van der Waals surface area contributed by atoms with Gasteiger partial charge in [0, 0.05) is 12.0 Å². The molecule has 2 aromatic rings. The van der Waals surface area contributed by atoms with Crippen LogP contribution in [0, 0.1) is 5.92 Å². The molecule has 1 fully saturated rings. The number of carboxylic acids is 1. The molecule has 2 aliphatic rings. The lowest BCUT2D eigenvalue weighted by atomic mass is 9.82. The maximum absolute atomic E-state index is 13.0. The van der Waals surface area contributed by atoms with Crippen molar-refractivity contribution in [1.82, 2.24) is 10.6 Å². The number of carboxylic acid groups (broad SMARTS) is 1. The minimum absolute atomic E-state index is 0.0448. The van der Waals surface area contributed by atoms with E-state index in [1.54, 1.807) is 0 Å². The third-order valence-corrected chi connectivity index (χ3v) is 7.20. The fourth-order valence-electron chi connectivity index (χ4n) is 5.49. The Bertz CT molecular complexity index is 1020. The third kappa shape index (κ3) is 5.84. The van der Waals surface area contributed by atoms with Crippen molar-refractivity contribution in [2.45, 2.75) is 69.9 Å². The molecular formula is C28H34N2O5. The average Bonchev–Trinajstić information content (AvgIpc) is 3.17. The Morgan fingerprint density at radius 2 is 1.63 bits per heavy atom. The van der Waals surface area contributed by atoms with Gasteiger partial charge in [0.1, 0.15) is 12.6 Å². The average molecular weight is 479 g/mol. The van der Waals surface area contributed by atoms with Gasteiger partial charge in [0.2, 0.25) is 5.91 Å². The molecule has 2 aromatic carbocycles. The molecule has 0 bridgehead atoms. The van der Waals surface area contributed by atoms with Crippen LogP contribution in [-0.4, -0.2) is 41.8 Å². The van der Waals surface area contributed by atoms with Crippen LogP contribution < -0.4 is 10.6 Å². The number of aliphatic carboxylic acids is 1. The molecule has 7 nitrogen and oxygen atoms in total. The summed E-state index contributed by atoms with van der Waals surface area (Å²) in [5.74, 6) is -1.26. The van der Waals surface area contributed by atoms with Crippen molar-refractivity contribution >= 4 is 18.0 Å². The fraction of sp³-hybridized carbons (Fsp3) is 0.464. The van der Waals surface area contributed by atoms with Crippen molar-refractivity contribution in [3.63, 3.8) is 0 Å². The molecule has 2 amide bonds. The van der Waals surface area contributed by atoms with Gasteiger partial charge in [-0.2, -0.15) is 0 Å². The zero-order chi connectivity index (χ0) is 24.8. The number of benzene rings is 2. The molecule has 3 atom stereocenters. The van der Waals surface area contributed by atoms with E-state index in [1.807, 2.05) is 31.2 Å². The monoisotopic (exact) mass is 478 g/mol. The van der Waals surface area contributed by atoms with Gasteiger partial charge < -0.3 is 20.5 Å². The van der Waals surface area contributed by atoms with Crippen LogP contribution in [0.3, 0.4) is 0 Å². The Balaban J connectivity index is 1.37. The van der Waals surface area contributed by atoms with E-state index in [9.17, 15) is 19.5 Å². The molecule has 7 heteroatoms. The van der Waals surface area contributed by atoms with Crippen LogP contribution in [0.2, 0.25) is 0 Å². The first-order chi connectivity index (χ1) is 17.0. The van der Waals surface area contributed by atoms with Gasteiger partial charge >= 0.3 is 12.1 Å². The number of rotatable bonds is 9. The maximum atomic E-state index is 13.0. The van der Waals surface area contributed by atoms with Crippen molar-refractivity contribution in [3.8, 4) is 11.1 Å². The van der Waals surface area contributed by atoms with E-state index in [4.69, 9.17) is 4.74 Å². The number of amides is 2. The quantitative estimate of drug-likeness (QED) is 0.478. The van der Waals surface area contributed by atoms with Crippen LogP contribution in [0.1, 0.15) is 68.9 Å². The Morgan fingerprint density at radius 1 is 1.00 bits per heavy atom. The first-order valence-corrected chi connectivity index (χ1v) is 12.6. The second-order valence-electron chi connectivity index (χ2n) is 9.57. The highest BCUT2D eigenvalue weighted by molar-refractivity contribution is 5.86. The van der Waals surface area contributed by atoms with Crippen molar-refractivity contribution < 1.29 is 24.2 Å². The second-order valence-corrected chi connectivity index (χ2v) is 9.57. The summed E-state index contributed by atoms with van der Waals surface area (Å²) in [5.41, 5.74) is 4.57. The van der Waals surface area contributed by atoms with Gasteiger partial charge in [-0.3, -0.25) is 9.59 Å². The molecule has 0 radical (unpaired) electrons. The van der Waals surface area contributed by atoms with Gasteiger partial charge in [0.25, 0.3) is 0 Å². The normalized spacial score (nSPS) is 19.8. The van der Waals surface area contributed by atoms with Crippen LogP contribution in [0.25, 0.3) is 11.1 Å². The number of hydrogen-bond donors (Lipinski definition) is 3. The van der Waals surface area contributed by atoms with Crippen molar-refractivity contribution in [1.29, 1.82) is 0 Å². The van der Waals surface area contributed by atoms with Gasteiger partial charge in [-0.25, -0.2) is 4.79 Å². The summed E-state index contributed by atoms with van der Waals surface area (Å²) in [7, 11) is 0. The predicted octanol–water partition coefficient (Wildman–Crippen LogP) is 4.84. The van der Waals surface area contributed by atoms with E-state index >= 15 is 0 Å². The summed E-state index contributed by atoms with van der Waals surface area (Å²) in [6.45, 7) is 2.14. The van der Waals surface area contributed by atoms with Gasteiger partial charge in [0.15, 0.2) is 0 Å². The Kier molecular flexibility index (Phi) is 8.06. The number of nitrogens with one attached hydrogen (secondary N) is 2. The number of carbonyl (C=O) groups is 3. The van der Waals surface area contributed by atoms with Crippen LogP contribution in [0.4, 0.5) is 4.79 Å². The predicted molar refractivity (Wildman–Crippen MR) is 133 cm³/mol. The van der Waals surface area contributed by atoms with Gasteiger partial charge in [0.05, 0.1) is 6.42 Å². The fourth-order valence-corrected chi connectivity index (χ4v) is 5.49. The molecule has 0 unspecified atom stereocenters. The van der Waals surface area contributed by atoms with Crippen LogP contribution >= 0.6 is 0 Å². The molecule has 1 saturated carbocycles. The largest absolute Gasteiger partial charge is 0.481 e. The standard InChI is InChI=1S/C28H34N2O5/c1-2-9-25(27(33)29-24-15-8-3-10-18(24)16-26(31)32)30-28(34)35-17-23-21-13-6-4-11-19(21)20-12-5-7-14-22(20)23/h4-7,11-14,18,23-25H,2-3,8-10,15-17H2,1H3,(H,29,33)(H,30,34)(H,31,32)/t18-,24-,25+/m0/s1. The molecule has 4 rings (SSSR count). The molecule has 0 aliphatic heterocycles. The van der Waals surface area contributed by atoms with Gasteiger partial charge in [-0.05, 0) is 47.4 Å². The molecule has 0 aromatic heterocycles. The SMILES string of the molecule is CCC[C@@H](NC(=O)OCC1c2ccccc2-c2ccccc21)C(=O)N[C@H]1CCCC[C@H]1CC(=O)O. The highest BCUT2D eigenvalue weighted by Gasteiger charge is 2.32. The lowest BCUT2D eigenvalue weighted by molar-refractivity contribution is -0.139. The Hall–Kier alpha value is -3.35. The third-order valence-electron chi connectivity index (χ3n) is 7.20. The zero-order valence-electron chi connectivity index (χ0n) is 20.2. The van der Waals surface area contributed by atoms with E-state index in [1.165, 1.54) is 0 Å². The summed E-state index contributed by atoms with van der Waals surface area (Å²) in [6, 6.07) is 15.4. The smallest absolute Gasteiger partial charge is 0.407 e. The van der Waals surface area contributed by atoms with Crippen molar-refractivity contribution in [2.24, 2.45) is 5.92 Å². The summed E-state index contributed by atoms with van der Waals surface area (Å²) in [5, 5.41) is 15.0. The lowest BCUT2D eigenvalue weighted by Crippen LogP contribution is -2.52. The topological polar surface area (TPSA) is 105 Å². The number of alkyl carbamates (subject to hydrolysis) is 1. The van der Waals surface area contributed by atoms with E-state index in [0.29, 0.717) is 12.8 Å². The summed E-state index contributed by atoms with van der Waals surface area (Å²) in [6.07, 6.45) is 4.09. The molecular weight excluding hydrogens is 444 g/mol. The van der Waals surface area contributed by atoms with Crippen LogP contribution in [-0.2, 0) is 14.3 Å².